The van der Waals surface area contributed by atoms with Crippen molar-refractivity contribution < 1.29 is 19.1 Å². The molecule has 0 saturated heterocycles. The highest BCUT2D eigenvalue weighted by Gasteiger charge is 2.11. The molecular formula is C15H16N2O4S. The molecule has 0 aliphatic rings. The van der Waals surface area contributed by atoms with Gasteiger partial charge in [0.1, 0.15) is 12.4 Å². The number of hydrogen-bond donors (Lipinski definition) is 1. The fourth-order valence-corrected chi connectivity index (χ4v) is 2.49. The minimum atomic E-state index is -0.452. The number of esters is 1. The van der Waals surface area contributed by atoms with Gasteiger partial charge in [0, 0.05) is 12.3 Å². The molecule has 116 valence electrons. The van der Waals surface area contributed by atoms with Gasteiger partial charge in [0.15, 0.2) is 5.13 Å². The number of amides is 1. The van der Waals surface area contributed by atoms with Crippen molar-refractivity contribution in [3.63, 3.8) is 0 Å². The lowest BCUT2D eigenvalue weighted by Gasteiger charge is -2.07. The summed E-state index contributed by atoms with van der Waals surface area (Å²) in [6.07, 6.45) is 0. The number of rotatable bonds is 5. The van der Waals surface area contributed by atoms with Crippen LogP contribution in [-0.4, -0.2) is 24.0 Å². The summed E-state index contributed by atoms with van der Waals surface area (Å²) in [6, 6.07) is 5.12. The van der Waals surface area contributed by atoms with E-state index >= 15 is 0 Å². The van der Waals surface area contributed by atoms with Crippen LogP contribution in [0.1, 0.15) is 28.5 Å². The first kappa shape index (κ1) is 16.0. The summed E-state index contributed by atoms with van der Waals surface area (Å²) in [4.78, 5) is 27.1. The lowest BCUT2D eigenvalue weighted by atomic mass is 10.1. The van der Waals surface area contributed by atoms with E-state index in [9.17, 15) is 9.59 Å². The summed E-state index contributed by atoms with van der Waals surface area (Å²) in [7, 11) is 1.55. The van der Waals surface area contributed by atoms with E-state index in [1.54, 1.807) is 30.7 Å². The maximum absolute atomic E-state index is 12.0. The minimum absolute atomic E-state index is 0.0467. The van der Waals surface area contributed by atoms with Crippen molar-refractivity contribution in [2.75, 3.05) is 12.4 Å². The molecule has 1 heterocycles. The molecule has 2 aromatic rings. The van der Waals surface area contributed by atoms with Gasteiger partial charge in [-0.2, -0.15) is 0 Å². The molecule has 0 aliphatic heterocycles. The molecule has 0 atom stereocenters. The molecule has 0 radical (unpaired) electrons. The predicted octanol–water partition coefficient (Wildman–Crippen LogP) is 2.78. The van der Waals surface area contributed by atoms with E-state index in [0.717, 1.165) is 5.56 Å². The monoisotopic (exact) mass is 320 g/mol. The number of aryl methyl sites for hydroxylation is 1. The molecule has 1 aromatic heterocycles. The fourth-order valence-electron chi connectivity index (χ4n) is 1.75. The number of carbonyl (C=O) groups is 2. The van der Waals surface area contributed by atoms with Gasteiger partial charge in [0.2, 0.25) is 5.91 Å². The van der Waals surface area contributed by atoms with Crippen molar-refractivity contribution in [2.24, 2.45) is 0 Å². The van der Waals surface area contributed by atoms with Crippen molar-refractivity contribution in [3.8, 4) is 5.75 Å². The highest BCUT2D eigenvalue weighted by molar-refractivity contribution is 7.13. The summed E-state index contributed by atoms with van der Waals surface area (Å²) in [6.45, 7) is 3.35. The van der Waals surface area contributed by atoms with Crippen LogP contribution >= 0.6 is 11.3 Å². The van der Waals surface area contributed by atoms with E-state index in [2.05, 4.69) is 10.3 Å². The van der Waals surface area contributed by atoms with Crippen LogP contribution in [0.5, 0.6) is 5.75 Å². The summed E-state index contributed by atoms with van der Waals surface area (Å²) in [5.74, 6) is -0.00641. The van der Waals surface area contributed by atoms with E-state index in [1.807, 2.05) is 6.92 Å². The maximum atomic E-state index is 12.0. The maximum Gasteiger partial charge on any atom is 0.338 e. The van der Waals surface area contributed by atoms with E-state index in [1.165, 1.54) is 18.3 Å². The Bertz CT molecular complexity index is 697. The zero-order valence-corrected chi connectivity index (χ0v) is 13.3. The van der Waals surface area contributed by atoms with E-state index in [0.29, 0.717) is 22.1 Å². The van der Waals surface area contributed by atoms with Gasteiger partial charge in [-0.1, -0.05) is 6.07 Å². The van der Waals surface area contributed by atoms with Crippen molar-refractivity contribution in [1.29, 1.82) is 0 Å². The molecule has 0 aliphatic carbocycles. The number of thiazole rings is 1. The molecular weight excluding hydrogens is 304 g/mol. The van der Waals surface area contributed by atoms with Crippen LogP contribution < -0.4 is 10.1 Å². The van der Waals surface area contributed by atoms with E-state index in [-0.39, 0.29) is 12.5 Å². The molecule has 7 heteroatoms. The summed E-state index contributed by atoms with van der Waals surface area (Å²) >= 11 is 1.28. The standard InChI is InChI=1S/C15H16N2O4S/c1-9-4-5-11(6-13(9)20-3)14(19)21-7-12-8-22-15(17-12)16-10(2)18/h4-6,8H,7H2,1-3H3,(H,16,17,18). The Kier molecular flexibility index (Phi) is 5.11. The molecule has 6 nitrogen and oxygen atoms in total. The third kappa shape index (κ3) is 4.05. The Morgan fingerprint density at radius 1 is 1.36 bits per heavy atom. The first-order chi connectivity index (χ1) is 10.5. The second kappa shape index (κ2) is 7.04. The quantitative estimate of drug-likeness (QED) is 0.857. The highest BCUT2D eigenvalue weighted by Crippen LogP contribution is 2.20. The normalized spacial score (nSPS) is 10.1. The zero-order chi connectivity index (χ0) is 16.1. The van der Waals surface area contributed by atoms with Crippen molar-refractivity contribution in [2.45, 2.75) is 20.5 Å². The van der Waals surface area contributed by atoms with Crippen LogP contribution in [0.15, 0.2) is 23.6 Å². The first-order valence-electron chi connectivity index (χ1n) is 6.53. The second-order valence-corrected chi connectivity index (χ2v) is 5.44. The topological polar surface area (TPSA) is 77.5 Å². The number of carbonyl (C=O) groups excluding carboxylic acids is 2. The van der Waals surface area contributed by atoms with Crippen LogP contribution in [0.3, 0.4) is 0 Å². The van der Waals surface area contributed by atoms with Crippen LogP contribution in [0.2, 0.25) is 0 Å². The largest absolute Gasteiger partial charge is 0.496 e. The lowest BCUT2D eigenvalue weighted by Crippen LogP contribution is -2.07. The van der Waals surface area contributed by atoms with Crippen molar-refractivity contribution >= 4 is 28.3 Å². The number of ether oxygens (including phenoxy) is 2. The fraction of sp³-hybridized carbons (Fsp3) is 0.267. The molecule has 2 rings (SSSR count). The molecule has 22 heavy (non-hydrogen) atoms. The average Bonchev–Trinajstić information content (AvgIpc) is 2.92. The first-order valence-corrected chi connectivity index (χ1v) is 7.41. The number of methoxy groups -OCH3 is 1. The van der Waals surface area contributed by atoms with Crippen molar-refractivity contribution in [3.05, 3.63) is 40.4 Å². The van der Waals surface area contributed by atoms with Gasteiger partial charge in [0.05, 0.1) is 18.4 Å². The molecule has 0 spiro atoms. The predicted molar refractivity (Wildman–Crippen MR) is 83.3 cm³/mol. The zero-order valence-electron chi connectivity index (χ0n) is 12.5. The molecule has 0 fully saturated rings. The minimum Gasteiger partial charge on any atom is -0.496 e. The van der Waals surface area contributed by atoms with Crippen LogP contribution in [0.25, 0.3) is 0 Å². The molecule has 1 N–H and O–H groups in total. The third-order valence-corrected chi connectivity index (χ3v) is 3.64. The number of aromatic nitrogens is 1. The number of nitrogens with zero attached hydrogens (tertiary/aromatic N) is 1. The number of hydrogen-bond acceptors (Lipinski definition) is 6. The Morgan fingerprint density at radius 2 is 2.14 bits per heavy atom. The third-order valence-electron chi connectivity index (χ3n) is 2.83. The van der Waals surface area contributed by atoms with Gasteiger partial charge in [-0.15, -0.1) is 11.3 Å². The molecule has 0 bridgehead atoms. The molecule has 1 amide bonds. The Morgan fingerprint density at radius 3 is 2.82 bits per heavy atom. The van der Waals surface area contributed by atoms with Gasteiger partial charge in [0.25, 0.3) is 0 Å². The summed E-state index contributed by atoms with van der Waals surface area (Å²) in [5.41, 5.74) is 1.94. The van der Waals surface area contributed by atoms with Gasteiger partial charge < -0.3 is 14.8 Å². The Balaban J connectivity index is 1.97. The number of benzene rings is 1. The van der Waals surface area contributed by atoms with Gasteiger partial charge in [-0.25, -0.2) is 9.78 Å². The number of anilines is 1. The number of nitrogens with one attached hydrogen (secondary N) is 1. The second-order valence-electron chi connectivity index (χ2n) is 4.59. The van der Waals surface area contributed by atoms with Crippen molar-refractivity contribution in [1.82, 2.24) is 4.98 Å². The lowest BCUT2D eigenvalue weighted by molar-refractivity contribution is -0.114. The Hall–Kier alpha value is -2.41. The SMILES string of the molecule is COc1cc(C(=O)OCc2csc(NC(C)=O)n2)ccc1C. The highest BCUT2D eigenvalue weighted by atomic mass is 32.1. The van der Waals surface area contributed by atoms with Gasteiger partial charge in [-0.05, 0) is 24.6 Å². The van der Waals surface area contributed by atoms with Crippen LogP contribution in [-0.2, 0) is 16.1 Å². The van der Waals surface area contributed by atoms with Gasteiger partial charge in [-0.3, -0.25) is 4.79 Å². The van der Waals surface area contributed by atoms with Gasteiger partial charge >= 0.3 is 5.97 Å². The molecule has 0 unspecified atom stereocenters. The Labute approximate surface area is 132 Å². The average molecular weight is 320 g/mol. The smallest absolute Gasteiger partial charge is 0.338 e. The van der Waals surface area contributed by atoms with E-state index in [4.69, 9.17) is 9.47 Å². The van der Waals surface area contributed by atoms with Crippen LogP contribution in [0.4, 0.5) is 5.13 Å². The van der Waals surface area contributed by atoms with Crippen LogP contribution in [0, 0.1) is 6.92 Å². The summed E-state index contributed by atoms with van der Waals surface area (Å²) in [5, 5.41) is 4.79. The molecule has 1 aromatic carbocycles. The van der Waals surface area contributed by atoms with E-state index < -0.39 is 5.97 Å². The molecule has 0 saturated carbocycles. The summed E-state index contributed by atoms with van der Waals surface area (Å²) < 4.78 is 10.4.